The van der Waals surface area contributed by atoms with Crippen LogP contribution in [0.15, 0.2) is 24.3 Å². The van der Waals surface area contributed by atoms with Crippen molar-refractivity contribution in [2.75, 3.05) is 25.0 Å². The van der Waals surface area contributed by atoms with Crippen molar-refractivity contribution in [3.8, 4) is 0 Å². The van der Waals surface area contributed by atoms with Crippen LogP contribution in [-0.2, 0) is 19.1 Å². The smallest absolute Gasteiger partial charge is 0.410 e. The highest BCUT2D eigenvalue weighted by Gasteiger charge is 2.31. The summed E-state index contributed by atoms with van der Waals surface area (Å²) in [6.45, 7) is 5.60. The molecule has 1 N–H and O–H groups in total. The number of anilines is 1. The second-order valence-electron chi connectivity index (χ2n) is 7.70. The summed E-state index contributed by atoms with van der Waals surface area (Å²) < 4.78 is 10.4. The van der Waals surface area contributed by atoms with Gasteiger partial charge in [0.2, 0.25) is 0 Å². The van der Waals surface area contributed by atoms with E-state index in [1.807, 2.05) is 0 Å². The molecule has 0 spiro atoms. The Morgan fingerprint density at radius 3 is 2.48 bits per heavy atom. The van der Waals surface area contributed by atoms with Gasteiger partial charge in [-0.3, -0.25) is 19.7 Å². The number of piperidine rings is 1. The summed E-state index contributed by atoms with van der Waals surface area (Å²) in [4.78, 5) is 47.9. The average Bonchev–Trinajstić information content (AvgIpc) is 2.65. The van der Waals surface area contributed by atoms with Crippen molar-refractivity contribution in [1.29, 1.82) is 0 Å². The van der Waals surface area contributed by atoms with Crippen LogP contribution < -0.4 is 5.32 Å². The fraction of sp³-hybridized carbons (Fsp3) is 0.526. The molecule has 1 aliphatic heterocycles. The zero-order valence-electron chi connectivity index (χ0n) is 16.7. The molecule has 1 aromatic rings. The molecular formula is C19H25N3O7. The molecule has 0 radical (unpaired) electrons. The van der Waals surface area contributed by atoms with Gasteiger partial charge >= 0.3 is 12.1 Å². The lowest BCUT2D eigenvalue weighted by molar-refractivity contribution is -0.384. The maximum absolute atomic E-state index is 12.2. The van der Waals surface area contributed by atoms with Crippen molar-refractivity contribution in [3.63, 3.8) is 0 Å². The number of ether oxygens (including phenoxy) is 2. The number of likely N-dealkylation sites (tertiary alicyclic amines) is 1. The third-order valence-electron chi connectivity index (χ3n) is 4.17. The van der Waals surface area contributed by atoms with Crippen LogP contribution in [0.4, 0.5) is 16.2 Å². The first kappa shape index (κ1) is 22.1. The summed E-state index contributed by atoms with van der Waals surface area (Å²) in [5.74, 6) is -1.51. The van der Waals surface area contributed by atoms with Crippen LogP contribution in [0.5, 0.6) is 0 Å². The second kappa shape index (κ2) is 9.35. The molecular weight excluding hydrogens is 382 g/mol. The molecule has 0 unspecified atom stereocenters. The third-order valence-corrected chi connectivity index (χ3v) is 4.17. The van der Waals surface area contributed by atoms with E-state index < -0.39 is 41.0 Å². The Hall–Kier alpha value is -3.17. The highest BCUT2D eigenvalue weighted by Crippen LogP contribution is 2.21. The van der Waals surface area contributed by atoms with E-state index in [9.17, 15) is 24.5 Å². The number of nitrogens with one attached hydrogen (secondary N) is 1. The first-order valence-electron chi connectivity index (χ1n) is 9.24. The number of carbonyl (C=O) groups excluding carboxylic acids is 3. The molecule has 29 heavy (non-hydrogen) atoms. The Morgan fingerprint density at radius 1 is 1.24 bits per heavy atom. The lowest BCUT2D eigenvalue weighted by Gasteiger charge is -2.32. The number of hydrogen-bond acceptors (Lipinski definition) is 7. The topological polar surface area (TPSA) is 128 Å². The van der Waals surface area contributed by atoms with Crippen LogP contribution in [-0.4, -0.2) is 53.1 Å². The Balaban J connectivity index is 1.76. The molecule has 1 fully saturated rings. The molecule has 158 valence electrons. The predicted molar refractivity (Wildman–Crippen MR) is 103 cm³/mol. The first-order valence-corrected chi connectivity index (χ1v) is 9.24. The Morgan fingerprint density at radius 2 is 1.90 bits per heavy atom. The maximum Gasteiger partial charge on any atom is 0.410 e. The number of non-ortho nitro benzene ring substituents is 1. The minimum Gasteiger partial charge on any atom is -0.455 e. The van der Waals surface area contributed by atoms with Crippen LogP contribution in [0.3, 0.4) is 0 Å². The molecule has 0 bridgehead atoms. The highest BCUT2D eigenvalue weighted by atomic mass is 16.6. The monoisotopic (exact) mass is 407 g/mol. The Labute approximate surface area is 168 Å². The summed E-state index contributed by atoms with van der Waals surface area (Å²) in [5, 5.41) is 13.2. The Kier molecular flexibility index (Phi) is 7.13. The number of nitrogens with zero attached hydrogens (tertiary/aromatic N) is 2. The van der Waals surface area contributed by atoms with Crippen LogP contribution >= 0.6 is 0 Å². The molecule has 1 aromatic carbocycles. The van der Waals surface area contributed by atoms with E-state index in [2.05, 4.69) is 5.32 Å². The molecule has 0 atom stereocenters. The first-order chi connectivity index (χ1) is 13.5. The summed E-state index contributed by atoms with van der Waals surface area (Å²) in [6.07, 6.45) is 0.426. The SMILES string of the molecule is CC(C)(C)OC(=O)N1CCC(C(=O)OCC(=O)Nc2cccc([N+](=O)[O-])c2)CC1. The van der Waals surface area contributed by atoms with E-state index in [1.165, 1.54) is 24.3 Å². The molecule has 1 saturated heterocycles. The van der Waals surface area contributed by atoms with Crippen molar-refractivity contribution in [3.05, 3.63) is 34.4 Å². The maximum atomic E-state index is 12.2. The van der Waals surface area contributed by atoms with Crippen molar-refractivity contribution in [2.45, 2.75) is 39.2 Å². The fourth-order valence-corrected chi connectivity index (χ4v) is 2.77. The van der Waals surface area contributed by atoms with Gasteiger partial charge in [-0.25, -0.2) is 4.79 Å². The fourth-order valence-electron chi connectivity index (χ4n) is 2.77. The zero-order valence-corrected chi connectivity index (χ0v) is 16.7. The zero-order chi connectivity index (χ0) is 21.6. The molecule has 0 aliphatic carbocycles. The number of carbonyl (C=O) groups is 3. The predicted octanol–water partition coefficient (Wildman–Crippen LogP) is 2.72. The second-order valence-corrected chi connectivity index (χ2v) is 7.70. The van der Waals surface area contributed by atoms with Gasteiger partial charge in [0.1, 0.15) is 5.60 Å². The Bertz CT molecular complexity index is 780. The van der Waals surface area contributed by atoms with Gasteiger partial charge in [0.15, 0.2) is 6.61 Å². The minimum absolute atomic E-state index is 0.156. The lowest BCUT2D eigenvalue weighted by atomic mass is 9.97. The standard InChI is InChI=1S/C19H25N3O7/c1-19(2,3)29-18(25)21-9-7-13(8-10-21)17(24)28-12-16(23)20-14-5-4-6-15(11-14)22(26)27/h4-6,11,13H,7-10,12H2,1-3H3,(H,20,23). The number of benzene rings is 1. The quantitative estimate of drug-likeness (QED) is 0.451. The van der Waals surface area contributed by atoms with Crippen molar-refractivity contribution < 1.29 is 28.8 Å². The van der Waals surface area contributed by atoms with Gasteiger partial charge in [-0.1, -0.05) is 6.07 Å². The minimum atomic E-state index is -0.593. The van der Waals surface area contributed by atoms with E-state index >= 15 is 0 Å². The lowest BCUT2D eigenvalue weighted by Crippen LogP contribution is -2.43. The van der Waals surface area contributed by atoms with Crippen molar-refractivity contribution in [2.24, 2.45) is 5.92 Å². The normalized spacial score (nSPS) is 14.8. The number of nitro benzene ring substituents is 1. The number of nitro groups is 1. The van der Waals surface area contributed by atoms with E-state index in [4.69, 9.17) is 9.47 Å². The summed E-state index contributed by atoms with van der Waals surface area (Å²) in [7, 11) is 0. The summed E-state index contributed by atoms with van der Waals surface area (Å²) in [6, 6.07) is 5.46. The molecule has 10 heteroatoms. The molecule has 1 heterocycles. The molecule has 1 aliphatic rings. The van der Waals surface area contributed by atoms with Crippen LogP contribution in [0.25, 0.3) is 0 Å². The molecule has 10 nitrogen and oxygen atoms in total. The van der Waals surface area contributed by atoms with Gasteiger partial charge in [0.25, 0.3) is 11.6 Å². The van der Waals surface area contributed by atoms with E-state index in [0.717, 1.165) is 0 Å². The largest absolute Gasteiger partial charge is 0.455 e. The highest BCUT2D eigenvalue weighted by molar-refractivity contribution is 5.93. The van der Waals surface area contributed by atoms with Crippen molar-refractivity contribution >= 4 is 29.3 Å². The van der Waals surface area contributed by atoms with E-state index in [0.29, 0.717) is 25.9 Å². The van der Waals surface area contributed by atoms with E-state index in [-0.39, 0.29) is 11.4 Å². The number of esters is 1. The van der Waals surface area contributed by atoms with Crippen molar-refractivity contribution in [1.82, 2.24) is 4.90 Å². The van der Waals surface area contributed by atoms with Crippen LogP contribution in [0.2, 0.25) is 0 Å². The molecule has 0 saturated carbocycles. The molecule has 2 amide bonds. The molecule has 2 rings (SSSR count). The number of hydrogen-bond donors (Lipinski definition) is 1. The molecule has 0 aromatic heterocycles. The summed E-state index contributed by atoms with van der Waals surface area (Å²) >= 11 is 0. The summed E-state index contributed by atoms with van der Waals surface area (Å²) in [5.41, 5.74) is -0.498. The third kappa shape index (κ3) is 7.05. The van der Waals surface area contributed by atoms with Gasteiger partial charge < -0.3 is 19.7 Å². The van der Waals surface area contributed by atoms with E-state index in [1.54, 1.807) is 25.7 Å². The van der Waals surface area contributed by atoms with Crippen LogP contribution in [0, 0.1) is 16.0 Å². The van der Waals surface area contributed by atoms with Gasteiger partial charge in [-0.05, 0) is 39.7 Å². The van der Waals surface area contributed by atoms with Gasteiger partial charge in [0.05, 0.1) is 10.8 Å². The van der Waals surface area contributed by atoms with Gasteiger partial charge in [0, 0.05) is 30.9 Å². The average molecular weight is 407 g/mol. The van der Waals surface area contributed by atoms with Gasteiger partial charge in [-0.2, -0.15) is 0 Å². The number of amides is 2. The number of rotatable bonds is 5. The van der Waals surface area contributed by atoms with Gasteiger partial charge in [-0.15, -0.1) is 0 Å². The van der Waals surface area contributed by atoms with Crippen LogP contribution in [0.1, 0.15) is 33.6 Å².